The number of hydrogen-bond acceptors (Lipinski definition) is 4. The van der Waals surface area contributed by atoms with E-state index in [0.29, 0.717) is 37.8 Å². The van der Waals surface area contributed by atoms with Crippen LogP contribution in [0.2, 0.25) is 0 Å². The zero-order valence-electron chi connectivity index (χ0n) is 15.8. The number of nitrogens with one attached hydrogen (secondary N) is 1. The molecule has 0 radical (unpaired) electrons. The Labute approximate surface area is 173 Å². The van der Waals surface area contributed by atoms with Crippen molar-refractivity contribution in [2.75, 3.05) is 31.5 Å². The lowest BCUT2D eigenvalue weighted by molar-refractivity contribution is -0.138. The molecule has 2 atom stereocenters. The Balaban J connectivity index is 1.32. The Morgan fingerprint density at radius 1 is 1.18 bits per heavy atom. The minimum absolute atomic E-state index is 0.0194. The van der Waals surface area contributed by atoms with E-state index in [1.54, 1.807) is 17.2 Å². The van der Waals surface area contributed by atoms with E-state index in [0.717, 1.165) is 23.9 Å². The predicted octanol–water partition coefficient (Wildman–Crippen LogP) is 2.28. The molecule has 2 aliphatic heterocycles. The fourth-order valence-corrected chi connectivity index (χ4v) is 4.29. The van der Waals surface area contributed by atoms with Gasteiger partial charge in [0.1, 0.15) is 5.82 Å². The van der Waals surface area contributed by atoms with Crippen molar-refractivity contribution in [1.29, 1.82) is 0 Å². The van der Waals surface area contributed by atoms with Gasteiger partial charge in [-0.15, -0.1) is 0 Å². The summed E-state index contributed by atoms with van der Waals surface area (Å²) in [4.78, 5) is 45.6. The summed E-state index contributed by atoms with van der Waals surface area (Å²) in [5, 5.41) is 2.84. The number of pyridine rings is 1. The van der Waals surface area contributed by atoms with E-state index in [9.17, 15) is 14.4 Å². The van der Waals surface area contributed by atoms with Gasteiger partial charge in [0.25, 0.3) is 0 Å². The number of carbonyl (C=O) groups is 3. The molecule has 28 heavy (non-hydrogen) atoms. The van der Waals surface area contributed by atoms with Crippen molar-refractivity contribution in [2.24, 2.45) is 17.8 Å². The second kappa shape index (κ2) is 8.19. The van der Waals surface area contributed by atoms with E-state index < -0.39 is 0 Å². The van der Waals surface area contributed by atoms with Crippen LogP contribution < -0.4 is 5.32 Å². The van der Waals surface area contributed by atoms with E-state index in [1.165, 1.54) is 12.8 Å². The van der Waals surface area contributed by atoms with Crippen LogP contribution in [0.25, 0.3) is 0 Å². The number of rotatable bonds is 5. The Morgan fingerprint density at radius 2 is 2.00 bits per heavy atom. The van der Waals surface area contributed by atoms with Crippen LogP contribution in [-0.4, -0.2) is 58.7 Å². The van der Waals surface area contributed by atoms with Gasteiger partial charge >= 0.3 is 0 Å². The number of piperidine rings is 1. The molecule has 150 valence electrons. The molecule has 7 nitrogen and oxygen atoms in total. The molecule has 0 spiro atoms. The van der Waals surface area contributed by atoms with E-state index >= 15 is 0 Å². The van der Waals surface area contributed by atoms with Crippen molar-refractivity contribution in [1.82, 2.24) is 14.8 Å². The maximum atomic E-state index is 13.0. The van der Waals surface area contributed by atoms with E-state index in [2.05, 4.69) is 26.2 Å². The summed E-state index contributed by atoms with van der Waals surface area (Å²) in [6, 6.07) is 3.57. The highest BCUT2D eigenvalue weighted by Crippen LogP contribution is 2.32. The number of nitrogens with zero attached hydrogens (tertiary/aromatic N) is 3. The van der Waals surface area contributed by atoms with Gasteiger partial charge in [-0.3, -0.25) is 14.4 Å². The molecule has 1 aromatic heterocycles. The summed E-state index contributed by atoms with van der Waals surface area (Å²) >= 11 is 3.32. The van der Waals surface area contributed by atoms with Gasteiger partial charge in [0.2, 0.25) is 17.7 Å². The molecule has 3 amide bonds. The summed E-state index contributed by atoms with van der Waals surface area (Å²) in [6.45, 7) is 2.40. The summed E-state index contributed by atoms with van der Waals surface area (Å²) in [6.07, 6.45) is 5.88. The van der Waals surface area contributed by atoms with Crippen LogP contribution in [0.1, 0.15) is 32.1 Å². The molecule has 3 aliphatic rings. The summed E-state index contributed by atoms with van der Waals surface area (Å²) < 4.78 is 0.849. The molecule has 1 saturated carbocycles. The number of carbonyl (C=O) groups excluding carboxylic acids is 3. The highest BCUT2D eigenvalue weighted by molar-refractivity contribution is 9.10. The van der Waals surface area contributed by atoms with Crippen molar-refractivity contribution in [2.45, 2.75) is 32.1 Å². The number of likely N-dealkylation sites (tertiary alicyclic amines) is 2. The van der Waals surface area contributed by atoms with Gasteiger partial charge in [-0.05, 0) is 59.7 Å². The first-order valence-electron chi connectivity index (χ1n) is 9.98. The average Bonchev–Trinajstić information content (AvgIpc) is 3.44. The normalized spacial score (nSPS) is 25.1. The first-order valence-corrected chi connectivity index (χ1v) is 10.8. The number of anilines is 1. The Morgan fingerprint density at radius 3 is 2.71 bits per heavy atom. The number of aromatic nitrogens is 1. The fraction of sp³-hybridized carbons (Fsp3) is 0.600. The second-order valence-electron chi connectivity index (χ2n) is 8.12. The highest BCUT2D eigenvalue weighted by Gasteiger charge is 2.40. The van der Waals surface area contributed by atoms with Crippen molar-refractivity contribution in [3.05, 3.63) is 22.8 Å². The average molecular weight is 449 g/mol. The highest BCUT2D eigenvalue weighted by atomic mass is 79.9. The smallest absolute Gasteiger partial charge is 0.230 e. The third kappa shape index (κ3) is 4.54. The molecule has 0 aromatic carbocycles. The molecule has 8 heteroatoms. The summed E-state index contributed by atoms with van der Waals surface area (Å²) in [5.41, 5.74) is 0. The zero-order valence-corrected chi connectivity index (χ0v) is 17.4. The Kier molecular flexibility index (Phi) is 5.66. The maximum Gasteiger partial charge on any atom is 0.230 e. The lowest BCUT2D eigenvalue weighted by Crippen LogP contribution is -2.46. The molecule has 0 unspecified atom stereocenters. The number of hydrogen-bond donors (Lipinski definition) is 1. The minimum atomic E-state index is -0.263. The van der Waals surface area contributed by atoms with E-state index in [1.807, 2.05) is 11.0 Å². The van der Waals surface area contributed by atoms with Crippen LogP contribution in [0.15, 0.2) is 22.8 Å². The molecule has 1 N–H and O–H groups in total. The van der Waals surface area contributed by atoms with Gasteiger partial charge in [-0.25, -0.2) is 4.98 Å². The summed E-state index contributed by atoms with van der Waals surface area (Å²) in [7, 11) is 0. The van der Waals surface area contributed by atoms with Crippen LogP contribution in [0.3, 0.4) is 0 Å². The number of amides is 3. The molecular weight excluding hydrogens is 424 g/mol. The predicted molar refractivity (Wildman–Crippen MR) is 107 cm³/mol. The molecule has 3 heterocycles. The van der Waals surface area contributed by atoms with Crippen LogP contribution in [0, 0.1) is 17.8 Å². The standard InChI is InChI=1S/C20H25BrN4O3/c21-16-5-6-17(22-9-16)23-19(27)14-2-1-7-24(11-14)20(28)15-8-18(26)25(12-15)10-13-3-4-13/h5-6,9,13-15H,1-4,7-8,10-12H2,(H,22,23,27)/t14-,15-/m0/s1. The van der Waals surface area contributed by atoms with Crippen LogP contribution in [0.4, 0.5) is 5.82 Å². The van der Waals surface area contributed by atoms with Crippen molar-refractivity contribution in [3.63, 3.8) is 0 Å². The van der Waals surface area contributed by atoms with Crippen molar-refractivity contribution < 1.29 is 14.4 Å². The minimum Gasteiger partial charge on any atom is -0.342 e. The van der Waals surface area contributed by atoms with Gasteiger partial charge in [-0.1, -0.05) is 0 Å². The number of halogens is 1. The molecule has 4 rings (SSSR count). The van der Waals surface area contributed by atoms with Gasteiger partial charge in [0.05, 0.1) is 11.8 Å². The SMILES string of the molecule is O=C(Nc1ccc(Br)cn1)[C@H]1CCCN(C(=O)[C@H]2CC(=O)N(CC3CC3)C2)C1. The molecule has 3 fully saturated rings. The third-order valence-corrected chi connectivity index (χ3v) is 6.29. The lowest BCUT2D eigenvalue weighted by atomic mass is 9.95. The van der Waals surface area contributed by atoms with Gasteiger partial charge in [0.15, 0.2) is 0 Å². The summed E-state index contributed by atoms with van der Waals surface area (Å²) in [5.74, 6) is 0.639. The first-order chi connectivity index (χ1) is 13.5. The Hall–Kier alpha value is -1.96. The monoisotopic (exact) mass is 448 g/mol. The molecular formula is C20H25BrN4O3. The fourth-order valence-electron chi connectivity index (χ4n) is 4.05. The van der Waals surface area contributed by atoms with Crippen molar-refractivity contribution >= 4 is 39.5 Å². The quantitative estimate of drug-likeness (QED) is 0.748. The molecule has 1 aromatic rings. The Bertz CT molecular complexity index is 765. The lowest BCUT2D eigenvalue weighted by Gasteiger charge is -2.33. The topological polar surface area (TPSA) is 82.6 Å². The molecule has 2 saturated heterocycles. The van der Waals surface area contributed by atoms with Gasteiger partial charge in [-0.2, -0.15) is 0 Å². The van der Waals surface area contributed by atoms with E-state index in [4.69, 9.17) is 0 Å². The molecule has 0 bridgehead atoms. The van der Waals surface area contributed by atoms with Gasteiger partial charge < -0.3 is 15.1 Å². The van der Waals surface area contributed by atoms with Crippen LogP contribution in [-0.2, 0) is 14.4 Å². The van der Waals surface area contributed by atoms with Gasteiger partial charge in [0, 0.05) is 43.3 Å². The zero-order chi connectivity index (χ0) is 19.7. The second-order valence-corrected chi connectivity index (χ2v) is 9.03. The largest absolute Gasteiger partial charge is 0.342 e. The van der Waals surface area contributed by atoms with Crippen molar-refractivity contribution in [3.8, 4) is 0 Å². The van der Waals surface area contributed by atoms with Crippen LogP contribution in [0.5, 0.6) is 0 Å². The maximum absolute atomic E-state index is 13.0. The first kappa shape index (κ1) is 19.4. The van der Waals surface area contributed by atoms with Crippen LogP contribution >= 0.6 is 15.9 Å². The molecule has 1 aliphatic carbocycles. The third-order valence-electron chi connectivity index (χ3n) is 5.82. The van der Waals surface area contributed by atoms with E-state index in [-0.39, 0.29) is 29.6 Å².